The second kappa shape index (κ2) is 4.87. The Bertz CT molecular complexity index is 274. The van der Waals surface area contributed by atoms with Gasteiger partial charge in [-0.3, -0.25) is 0 Å². The normalized spacial score (nSPS) is 7.75. The van der Waals surface area contributed by atoms with Crippen LogP contribution in [0, 0.1) is 5.82 Å². The summed E-state index contributed by atoms with van der Waals surface area (Å²) in [6.07, 6.45) is 0.250. The van der Waals surface area contributed by atoms with Crippen LogP contribution in [-0.2, 0) is 9.59 Å². The Kier molecular flexibility index (Phi) is 4.11. The van der Waals surface area contributed by atoms with Gasteiger partial charge in [0.15, 0.2) is 0 Å². The fourth-order valence-corrected chi connectivity index (χ4v) is 0.526. The van der Waals surface area contributed by atoms with Gasteiger partial charge < -0.3 is 10.8 Å². The Morgan fingerprint density at radius 3 is 2.25 bits per heavy atom. The van der Waals surface area contributed by atoms with E-state index in [4.69, 9.17) is 20.4 Å². The fourth-order valence-electron chi connectivity index (χ4n) is 0.526. The maximum atomic E-state index is 12.3. The van der Waals surface area contributed by atoms with E-state index in [2.05, 4.69) is 0 Å². The van der Waals surface area contributed by atoms with E-state index in [1.54, 1.807) is 0 Å². The minimum atomic E-state index is -0.588. The van der Waals surface area contributed by atoms with Crippen LogP contribution >= 0.6 is 0 Å². The van der Waals surface area contributed by atoms with E-state index in [1.165, 1.54) is 18.2 Å². The molecule has 0 radical (unpaired) electrons. The number of halogens is 1. The standard InChI is InChI=1S/C6H6FNO.CO2/c7-4-2-1-3-5(9)6(4)8;2-1-3/h1-3,9H,8H2;. The van der Waals surface area contributed by atoms with Gasteiger partial charge in [0.1, 0.15) is 17.3 Å². The summed E-state index contributed by atoms with van der Waals surface area (Å²) in [4.78, 5) is 16.2. The second-order valence-corrected chi connectivity index (χ2v) is 1.76. The molecule has 4 nitrogen and oxygen atoms in total. The molecule has 0 heterocycles. The number of carbonyl (C=O) groups excluding carboxylic acids is 2. The largest absolute Gasteiger partial charge is 0.506 e. The van der Waals surface area contributed by atoms with Gasteiger partial charge in [0.25, 0.3) is 0 Å². The molecule has 0 amide bonds. The molecule has 0 spiro atoms. The molecule has 0 bridgehead atoms. The number of aromatic hydroxyl groups is 1. The number of hydrogen-bond acceptors (Lipinski definition) is 4. The molecule has 0 aliphatic heterocycles. The third-order valence-corrected chi connectivity index (χ3v) is 1.03. The zero-order valence-corrected chi connectivity index (χ0v) is 5.95. The van der Waals surface area contributed by atoms with Crippen molar-refractivity contribution >= 4 is 11.8 Å². The summed E-state index contributed by atoms with van der Waals surface area (Å²) in [6.45, 7) is 0. The lowest BCUT2D eigenvalue weighted by Gasteiger charge is -1.96. The van der Waals surface area contributed by atoms with Crippen LogP contribution in [0.25, 0.3) is 0 Å². The van der Waals surface area contributed by atoms with E-state index in [9.17, 15) is 4.39 Å². The predicted molar refractivity (Wildman–Crippen MR) is 37.5 cm³/mol. The van der Waals surface area contributed by atoms with Gasteiger partial charge in [-0.15, -0.1) is 0 Å². The molecule has 0 aliphatic rings. The molecule has 5 heteroatoms. The molecule has 0 fully saturated rings. The zero-order chi connectivity index (χ0) is 9.56. The topological polar surface area (TPSA) is 80.4 Å². The summed E-state index contributed by atoms with van der Waals surface area (Å²) in [5.41, 5.74) is 4.86. The Morgan fingerprint density at radius 1 is 1.42 bits per heavy atom. The lowest BCUT2D eigenvalue weighted by Crippen LogP contribution is -1.89. The lowest BCUT2D eigenvalue weighted by molar-refractivity contribution is -0.191. The van der Waals surface area contributed by atoms with Gasteiger partial charge in [0, 0.05) is 0 Å². The summed E-state index contributed by atoms with van der Waals surface area (Å²) >= 11 is 0. The van der Waals surface area contributed by atoms with Crippen LogP contribution in [0.15, 0.2) is 18.2 Å². The van der Waals surface area contributed by atoms with E-state index in [1.807, 2.05) is 0 Å². The minimum Gasteiger partial charge on any atom is -0.506 e. The molecule has 12 heavy (non-hydrogen) atoms. The second-order valence-electron chi connectivity index (χ2n) is 1.76. The van der Waals surface area contributed by atoms with Crippen LogP contribution in [0.4, 0.5) is 10.1 Å². The first-order valence-corrected chi connectivity index (χ1v) is 2.85. The molecule has 1 rings (SSSR count). The van der Waals surface area contributed by atoms with Crippen molar-refractivity contribution in [2.75, 3.05) is 5.73 Å². The number of anilines is 1. The third-order valence-electron chi connectivity index (χ3n) is 1.03. The van der Waals surface area contributed by atoms with E-state index < -0.39 is 5.82 Å². The lowest BCUT2D eigenvalue weighted by atomic mass is 10.3. The third kappa shape index (κ3) is 2.81. The SMILES string of the molecule is Nc1c(O)cccc1F.O=C=O. The number of para-hydroxylation sites is 1. The molecular weight excluding hydrogens is 165 g/mol. The first-order valence-electron chi connectivity index (χ1n) is 2.85. The van der Waals surface area contributed by atoms with Crippen molar-refractivity contribution in [1.29, 1.82) is 0 Å². The Hall–Kier alpha value is -1.87. The molecule has 64 valence electrons. The average molecular weight is 171 g/mol. The first-order chi connectivity index (χ1) is 5.63. The number of benzene rings is 1. The quantitative estimate of drug-likeness (QED) is 0.440. The predicted octanol–water partition coefficient (Wildman–Crippen LogP) is 0.530. The maximum Gasteiger partial charge on any atom is 0.373 e. The Balaban J connectivity index is 0.000000354. The molecule has 1 aromatic carbocycles. The van der Waals surface area contributed by atoms with Crippen LogP contribution in [0.2, 0.25) is 0 Å². The molecule has 0 unspecified atom stereocenters. The highest BCUT2D eigenvalue weighted by Gasteiger charge is 1.99. The fraction of sp³-hybridized carbons (Fsp3) is 0. The molecule has 1 aromatic rings. The van der Waals surface area contributed by atoms with Gasteiger partial charge in [-0.2, -0.15) is 9.59 Å². The van der Waals surface area contributed by atoms with Crippen molar-refractivity contribution in [3.63, 3.8) is 0 Å². The van der Waals surface area contributed by atoms with Crippen LogP contribution in [0.1, 0.15) is 0 Å². The number of phenols is 1. The van der Waals surface area contributed by atoms with Gasteiger partial charge in [0.2, 0.25) is 0 Å². The molecule has 0 saturated heterocycles. The van der Waals surface area contributed by atoms with E-state index in [0.29, 0.717) is 0 Å². The van der Waals surface area contributed by atoms with Crippen LogP contribution in [0.3, 0.4) is 0 Å². The van der Waals surface area contributed by atoms with Crippen molar-refractivity contribution < 1.29 is 19.1 Å². The Labute approximate surface area is 67.4 Å². The summed E-state index contributed by atoms with van der Waals surface area (Å²) in [5, 5.41) is 8.74. The van der Waals surface area contributed by atoms with Crippen molar-refractivity contribution in [3.8, 4) is 5.75 Å². The monoisotopic (exact) mass is 171 g/mol. The van der Waals surface area contributed by atoms with Crippen molar-refractivity contribution in [2.45, 2.75) is 0 Å². The number of phenolic OH excluding ortho intramolecular Hbond substituents is 1. The molecule has 3 N–H and O–H groups in total. The van der Waals surface area contributed by atoms with Gasteiger partial charge >= 0.3 is 6.15 Å². The summed E-state index contributed by atoms with van der Waals surface area (Å²) in [5.74, 6) is -0.801. The summed E-state index contributed by atoms with van der Waals surface area (Å²) in [7, 11) is 0. The number of nitrogens with two attached hydrogens (primary N) is 1. The molecular formula is C7H6FNO3. The number of nitrogen functional groups attached to an aromatic ring is 1. The van der Waals surface area contributed by atoms with Crippen molar-refractivity contribution in [3.05, 3.63) is 24.0 Å². The zero-order valence-electron chi connectivity index (χ0n) is 5.95. The van der Waals surface area contributed by atoms with E-state index >= 15 is 0 Å². The number of rotatable bonds is 0. The highest BCUT2D eigenvalue weighted by atomic mass is 19.1. The minimum absolute atomic E-state index is 0.197. The van der Waals surface area contributed by atoms with Gasteiger partial charge in [-0.05, 0) is 12.1 Å². The summed E-state index contributed by atoms with van der Waals surface area (Å²) in [6, 6.07) is 3.91. The molecule has 0 atom stereocenters. The smallest absolute Gasteiger partial charge is 0.373 e. The summed E-state index contributed by atoms with van der Waals surface area (Å²) < 4.78 is 12.3. The van der Waals surface area contributed by atoms with Gasteiger partial charge in [0.05, 0.1) is 0 Å². The van der Waals surface area contributed by atoms with Gasteiger partial charge in [-0.25, -0.2) is 4.39 Å². The van der Waals surface area contributed by atoms with Crippen molar-refractivity contribution in [1.82, 2.24) is 0 Å². The molecule has 0 saturated carbocycles. The van der Waals surface area contributed by atoms with Crippen LogP contribution in [-0.4, -0.2) is 11.3 Å². The number of hydrogen-bond donors (Lipinski definition) is 2. The highest BCUT2D eigenvalue weighted by Crippen LogP contribution is 2.20. The van der Waals surface area contributed by atoms with Crippen molar-refractivity contribution in [2.24, 2.45) is 0 Å². The Morgan fingerprint density at radius 2 is 1.92 bits per heavy atom. The van der Waals surface area contributed by atoms with E-state index in [0.717, 1.165) is 0 Å². The maximum absolute atomic E-state index is 12.3. The molecule has 0 aliphatic carbocycles. The van der Waals surface area contributed by atoms with Crippen LogP contribution < -0.4 is 5.73 Å². The van der Waals surface area contributed by atoms with Gasteiger partial charge in [-0.1, -0.05) is 6.07 Å². The van der Waals surface area contributed by atoms with Crippen LogP contribution in [0.5, 0.6) is 5.75 Å². The molecule has 0 aromatic heterocycles. The average Bonchev–Trinajstić information content (AvgIpc) is 2.02. The highest BCUT2D eigenvalue weighted by molar-refractivity contribution is 5.51. The first kappa shape index (κ1) is 10.1. The van der Waals surface area contributed by atoms with E-state index in [-0.39, 0.29) is 17.6 Å².